The maximum atomic E-state index is 11.8. The summed E-state index contributed by atoms with van der Waals surface area (Å²) in [6.45, 7) is 1.57. The van der Waals surface area contributed by atoms with Gasteiger partial charge >= 0.3 is 6.01 Å². The zero-order valence-corrected chi connectivity index (χ0v) is 10.3. The fourth-order valence-corrected chi connectivity index (χ4v) is 1.50. The van der Waals surface area contributed by atoms with Crippen LogP contribution in [0.25, 0.3) is 0 Å². The Morgan fingerprint density at radius 1 is 1.47 bits per heavy atom. The smallest absolute Gasteiger partial charge is 0.322 e. The van der Waals surface area contributed by atoms with Crippen molar-refractivity contribution in [2.45, 2.75) is 6.92 Å². The maximum Gasteiger partial charge on any atom is 0.322 e. The number of amides is 1. The van der Waals surface area contributed by atoms with E-state index in [1.165, 1.54) is 12.1 Å². The molecule has 9 heteroatoms. The summed E-state index contributed by atoms with van der Waals surface area (Å²) in [5, 5.41) is 20.1. The number of aromatic nitrogens is 2. The Morgan fingerprint density at radius 2 is 2.21 bits per heavy atom. The Morgan fingerprint density at radius 3 is 2.79 bits per heavy atom. The second-order valence-corrected chi connectivity index (χ2v) is 3.91. The molecule has 0 atom stereocenters. The normalized spacial score (nSPS) is 10.2. The molecule has 0 unspecified atom stereocenters. The number of carbonyl (C=O) groups is 1. The van der Waals surface area contributed by atoms with Crippen molar-refractivity contribution in [2.75, 3.05) is 5.32 Å². The second-order valence-electron chi connectivity index (χ2n) is 3.50. The van der Waals surface area contributed by atoms with Crippen LogP contribution in [0.5, 0.6) is 0 Å². The highest BCUT2D eigenvalue weighted by Crippen LogP contribution is 2.25. The highest BCUT2D eigenvalue weighted by atomic mass is 35.5. The molecule has 2 aromatic rings. The van der Waals surface area contributed by atoms with Gasteiger partial charge in [-0.3, -0.25) is 20.2 Å². The molecule has 0 saturated heterocycles. The van der Waals surface area contributed by atoms with Crippen LogP contribution >= 0.6 is 11.6 Å². The minimum absolute atomic E-state index is 0.0461. The van der Waals surface area contributed by atoms with Gasteiger partial charge in [-0.25, -0.2) is 0 Å². The number of nitrogens with one attached hydrogen (secondary N) is 1. The zero-order valence-electron chi connectivity index (χ0n) is 9.58. The van der Waals surface area contributed by atoms with E-state index in [1.54, 1.807) is 6.92 Å². The molecule has 1 aromatic heterocycles. The molecule has 0 radical (unpaired) electrons. The van der Waals surface area contributed by atoms with E-state index in [-0.39, 0.29) is 28.2 Å². The third kappa shape index (κ3) is 2.86. The molecule has 0 fully saturated rings. The van der Waals surface area contributed by atoms with Crippen molar-refractivity contribution in [3.05, 3.63) is 44.8 Å². The van der Waals surface area contributed by atoms with Gasteiger partial charge in [-0.15, -0.1) is 5.10 Å². The lowest BCUT2D eigenvalue weighted by atomic mass is 10.2. The number of rotatable bonds is 3. The number of carbonyl (C=O) groups excluding carboxylic acids is 1. The molecule has 19 heavy (non-hydrogen) atoms. The van der Waals surface area contributed by atoms with Crippen molar-refractivity contribution >= 4 is 29.2 Å². The van der Waals surface area contributed by atoms with Gasteiger partial charge in [-0.1, -0.05) is 16.7 Å². The third-order valence-electron chi connectivity index (χ3n) is 2.15. The van der Waals surface area contributed by atoms with Gasteiger partial charge in [-0.05, 0) is 12.1 Å². The van der Waals surface area contributed by atoms with Crippen LogP contribution in [-0.4, -0.2) is 21.0 Å². The van der Waals surface area contributed by atoms with E-state index in [0.717, 1.165) is 6.07 Å². The van der Waals surface area contributed by atoms with Gasteiger partial charge in [0, 0.05) is 18.6 Å². The first-order valence-corrected chi connectivity index (χ1v) is 5.40. The maximum absolute atomic E-state index is 11.8. The van der Waals surface area contributed by atoms with Crippen molar-refractivity contribution in [2.24, 2.45) is 0 Å². The van der Waals surface area contributed by atoms with E-state index in [4.69, 9.17) is 16.0 Å². The van der Waals surface area contributed by atoms with Crippen LogP contribution in [0.3, 0.4) is 0 Å². The van der Waals surface area contributed by atoms with Crippen LogP contribution in [-0.2, 0) is 0 Å². The molecule has 0 aliphatic rings. The van der Waals surface area contributed by atoms with Gasteiger partial charge < -0.3 is 4.42 Å². The van der Waals surface area contributed by atoms with Crippen LogP contribution in [0.1, 0.15) is 16.2 Å². The molecule has 0 aliphatic heterocycles. The van der Waals surface area contributed by atoms with Crippen LogP contribution in [0.15, 0.2) is 22.6 Å². The summed E-state index contributed by atoms with van der Waals surface area (Å²) in [5.41, 5.74) is -0.289. The predicted molar refractivity (Wildman–Crippen MR) is 65.1 cm³/mol. The SMILES string of the molecule is Cc1nnc(NC(=O)c2ccc(Cl)c([N+](=O)[O-])c2)o1. The Bertz CT molecular complexity index is 655. The number of benzene rings is 1. The summed E-state index contributed by atoms with van der Waals surface area (Å²) in [4.78, 5) is 21.8. The minimum Gasteiger partial charge on any atom is -0.408 e. The number of anilines is 1. The summed E-state index contributed by atoms with van der Waals surface area (Å²) in [7, 11) is 0. The van der Waals surface area contributed by atoms with Crippen LogP contribution < -0.4 is 5.32 Å². The van der Waals surface area contributed by atoms with Crippen LogP contribution in [0.2, 0.25) is 5.02 Å². The number of aryl methyl sites for hydroxylation is 1. The number of nitro groups is 1. The van der Waals surface area contributed by atoms with Crippen molar-refractivity contribution in [1.82, 2.24) is 10.2 Å². The first-order valence-electron chi connectivity index (χ1n) is 5.03. The van der Waals surface area contributed by atoms with Gasteiger partial charge in [0.15, 0.2) is 0 Å². The first kappa shape index (κ1) is 13.0. The van der Waals surface area contributed by atoms with E-state index in [1.807, 2.05) is 0 Å². The lowest BCUT2D eigenvalue weighted by Crippen LogP contribution is -2.12. The molecule has 1 amide bonds. The first-order chi connectivity index (χ1) is 8.97. The van der Waals surface area contributed by atoms with E-state index >= 15 is 0 Å². The van der Waals surface area contributed by atoms with Gasteiger partial charge in [0.25, 0.3) is 11.6 Å². The Labute approximate surface area is 111 Å². The largest absolute Gasteiger partial charge is 0.408 e. The summed E-state index contributed by atoms with van der Waals surface area (Å²) >= 11 is 5.65. The minimum atomic E-state index is -0.671. The zero-order chi connectivity index (χ0) is 14.0. The van der Waals surface area contributed by atoms with E-state index in [9.17, 15) is 14.9 Å². The van der Waals surface area contributed by atoms with Gasteiger partial charge in [0.1, 0.15) is 5.02 Å². The summed E-state index contributed by atoms with van der Waals surface area (Å²) in [6.07, 6.45) is 0. The average molecular weight is 283 g/mol. The number of nitro benzene ring substituents is 1. The molecule has 1 N–H and O–H groups in total. The number of nitrogens with zero attached hydrogens (tertiary/aromatic N) is 3. The van der Waals surface area contributed by atoms with Crippen molar-refractivity contribution in [3.8, 4) is 0 Å². The Kier molecular flexibility index (Phi) is 3.43. The number of hydrogen-bond donors (Lipinski definition) is 1. The van der Waals surface area contributed by atoms with Gasteiger partial charge in [-0.2, -0.15) is 0 Å². The molecule has 8 nitrogen and oxygen atoms in total. The summed E-state index contributed by atoms with van der Waals surface area (Å²) in [6, 6.07) is 3.61. The molecule has 1 heterocycles. The Hall–Kier alpha value is -2.48. The van der Waals surface area contributed by atoms with Crippen molar-refractivity contribution in [3.63, 3.8) is 0 Å². The fraction of sp³-hybridized carbons (Fsp3) is 0.100. The molecule has 0 spiro atoms. The molecular weight excluding hydrogens is 276 g/mol. The topological polar surface area (TPSA) is 111 Å². The molecular formula is C10H7ClN4O4. The summed E-state index contributed by atoms with van der Waals surface area (Å²) in [5.74, 6) is -0.319. The van der Waals surface area contributed by atoms with Crippen molar-refractivity contribution in [1.29, 1.82) is 0 Å². The molecule has 0 aliphatic carbocycles. The van der Waals surface area contributed by atoms with E-state index in [2.05, 4.69) is 15.5 Å². The number of halogens is 1. The van der Waals surface area contributed by atoms with E-state index in [0.29, 0.717) is 0 Å². The van der Waals surface area contributed by atoms with Crippen molar-refractivity contribution < 1.29 is 14.1 Å². The molecule has 0 saturated carbocycles. The van der Waals surface area contributed by atoms with Gasteiger partial charge in [0.05, 0.1) is 4.92 Å². The fourth-order valence-electron chi connectivity index (χ4n) is 1.31. The molecule has 2 rings (SSSR count). The highest BCUT2D eigenvalue weighted by Gasteiger charge is 2.17. The summed E-state index contributed by atoms with van der Waals surface area (Å²) < 4.78 is 4.96. The standard InChI is InChI=1S/C10H7ClN4O4/c1-5-13-14-10(19-5)12-9(16)6-2-3-7(11)8(4-6)15(17)18/h2-4H,1H3,(H,12,14,16). The average Bonchev–Trinajstić information content (AvgIpc) is 2.74. The lowest BCUT2D eigenvalue weighted by Gasteiger charge is -2.01. The second kappa shape index (κ2) is 5.02. The molecule has 98 valence electrons. The van der Waals surface area contributed by atoms with E-state index < -0.39 is 10.8 Å². The van der Waals surface area contributed by atoms with Crippen LogP contribution in [0, 0.1) is 17.0 Å². The molecule has 0 bridgehead atoms. The Balaban J connectivity index is 2.24. The van der Waals surface area contributed by atoms with Gasteiger partial charge in [0.2, 0.25) is 5.89 Å². The lowest BCUT2D eigenvalue weighted by molar-refractivity contribution is -0.384. The molecule has 1 aromatic carbocycles. The number of hydrogen-bond acceptors (Lipinski definition) is 6. The highest BCUT2D eigenvalue weighted by molar-refractivity contribution is 6.32. The monoisotopic (exact) mass is 282 g/mol. The quantitative estimate of drug-likeness (QED) is 0.682. The predicted octanol–water partition coefficient (Wildman–Crippen LogP) is 2.19. The third-order valence-corrected chi connectivity index (χ3v) is 2.47. The van der Waals surface area contributed by atoms with Crippen LogP contribution in [0.4, 0.5) is 11.7 Å².